The van der Waals surface area contributed by atoms with Gasteiger partial charge in [-0.3, -0.25) is 9.78 Å². The molecule has 9 heteroatoms. The molecule has 5 rings (SSSR count). The second kappa shape index (κ2) is 14.7. The Kier molecular flexibility index (Phi) is 10.5. The number of carbonyl (C=O) groups excluding carboxylic acids is 2. The van der Waals surface area contributed by atoms with Crippen LogP contribution in [0.4, 0.5) is 10.6 Å². The van der Waals surface area contributed by atoms with Gasteiger partial charge >= 0.3 is 6.09 Å². The van der Waals surface area contributed by atoms with E-state index in [-0.39, 0.29) is 11.9 Å². The molecule has 0 saturated heterocycles. The highest BCUT2D eigenvalue weighted by Crippen LogP contribution is 2.30. The number of halogens is 1. The number of hydrogen-bond acceptors (Lipinski definition) is 7. The maximum atomic E-state index is 13.2. The normalized spacial score (nSPS) is 11.5. The first-order valence-corrected chi connectivity index (χ1v) is 16.0. The molecule has 0 aliphatic rings. The monoisotopic (exact) mass is 637 g/mol. The van der Waals surface area contributed by atoms with Gasteiger partial charge in [0.05, 0.1) is 5.52 Å². The number of fused-ring (bicyclic) bond motifs is 3. The van der Waals surface area contributed by atoms with Gasteiger partial charge in [-0.2, -0.15) is 0 Å². The predicted octanol–water partition coefficient (Wildman–Crippen LogP) is 8.13. The SMILES string of the molecule is CCC(=O)c1ccc2c(c1)nc(NCCNCCN(Cc1ccc(-c3ccccc3)c(Cl)c1)C(=O)OC(C)(C)C)c1ccncc12. The first-order chi connectivity index (χ1) is 22.1. The van der Waals surface area contributed by atoms with Crippen molar-refractivity contribution in [1.29, 1.82) is 0 Å². The van der Waals surface area contributed by atoms with Gasteiger partial charge in [-0.15, -0.1) is 0 Å². The van der Waals surface area contributed by atoms with Crippen LogP contribution < -0.4 is 10.6 Å². The molecule has 2 aromatic heterocycles. The summed E-state index contributed by atoms with van der Waals surface area (Å²) in [4.78, 5) is 36.4. The van der Waals surface area contributed by atoms with E-state index in [1.165, 1.54) is 0 Å². The lowest BCUT2D eigenvalue weighted by molar-refractivity contribution is 0.0236. The number of Topliss-reactive ketones (excluding diaryl/α,β-unsaturated/α-hetero) is 1. The Hall–Kier alpha value is -4.53. The van der Waals surface area contributed by atoms with Gasteiger partial charge < -0.3 is 20.3 Å². The van der Waals surface area contributed by atoms with Gasteiger partial charge in [-0.05, 0) is 50.1 Å². The zero-order valence-corrected chi connectivity index (χ0v) is 27.5. The van der Waals surface area contributed by atoms with Crippen molar-refractivity contribution in [3.8, 4) is 11.1 Å². The van der Waals surface area contributed by atoms with Crippen molar-refractivity contribution in [2.75, 3.05) is 31.5 Å². The van der Waals surface area contributed by atoms with Gasteiger partial charge in [0.15, 0.2) is 5.78 Å². The maximum absolute atomic E-state index is 13.2. The third-order valence-corrected chi connectivity index (χ3v) is 7.85. The molecule has 1 amide bonds. The highest BCUT2D eigenvalue weighted by Gasteiger charge is 2.22. The minimum Gasteiger partial charge on any atom is -0.444 e. The molecular weight excluding hydrogens is 598 g/mol. The average Bonchev–Trinajstić information content (AvgIpc) is 3.04. The molecule has 0 fully saturated rings. The van der Waals surface area contributed by atoms with Crippen molar-refractivity contribution in [3.05, 3.63) is 101 Å². The molecule has 0 aliphatic carbocycles. The van der Waals surface area contributed by atoms with Gasteiger partial charge in [0.25, 0.3) is 0 Å². The zero-order chi connectivity index (χ0) is 32.7. The van der Waals surface area contributed by atoms with Crippen molar-refractivity contribution < 1.29 is 14.3 Å². The van der Waals surface area contributed by atoms with Gasteiger partial charge in [0, 0.05) is 83.8 Å². The molecule has 3 aromatic carbocycles. The zero-order valence-electron chi connectivity index (χ0n) is 26.8. The van der Waals surface area contributed by atoms with Crippen molar-refractivity contribution in [1.82, 2.24) is 20.2 Å². The number of ether oxygens (including phenoxy) is 1. The van der Waals surface area contributed by atoms with Gasteiger partial charge in [0.1, 0.15) is 11.4 Å². The van der Waals surface area contributed by atoms with E-state index in [4.69, 9.17) is 21.3 Å². The molecule has 0 bridgehead atoms. The second-order valence-electron chi connectivity index (χ2n) is 12.1. The van der Waals surface area contributed by atoms with E-state index in [9.17, 15) is 9.59 Å². The molecule has 8 nitrogen and oxygen atoms in total. The van der Waals surface area contributed by atoms with Gasteiger partial charge in [0.2, 0.25) is 0 Å². The average molecular weight is 638 g/mol. The number of nitrogens with zero attached hydrogens (tertiary/aromatic N) is 3. The minimum absolute atomic E-state index is 0.0846. The number of nitrogens with one attached hydrogen (secondary N) is 2. The molecule has 0 aliphatic heterocycles. The standard InChI is InChI=1S/C37H40ClN5O3/c1-5-34(44)27-12-14-29-31-23-40-16-15-30(31)35(42-33(29)22-27)41-18-17-39-19-20-43(36(45)46-37(2,3)4)24-25-11-13-28(32(38)21-25)26-9-7-6-8-10-26/h6-16,21-23,39H,5,17-20,24H2,1-4H3,(H,41,42). The summed E-state index contributed by atoms with van der Waals surface area (Å²) < 4.78 is 5.72. The van der Waals surface area contributed by atoms with Crippen LogP contribution in [-0.4, -0.2) is 58.5 Å². The summed E-state index contributed by atoms with van der Waals surface area (Å²) in [5, 5.41) is 10.4. The lowest BCUT2D eigenvalue weighted by Gasteiger charge is -2.28. The summed E-state index contributed by atoms with van der Waals surface area (Å²) in [6.07, 6.45) is 3.65. The molecular formula is C37H40ClN5O3. The Balaban J connectivity index is 1.22. The third kappa shape index (κ3) is 8.19. The lowest BCUT2D eigenvalue weighted by Crippen LogP contribution is -2.40. The Morgan fingerprint density at radius 3 is 2.46 bits per heavy atom. The fraction of sp³-hybridized carbons (Fsp3) is 0.297. The van der Waals surface area contributed by atoms with Crippen LogP contribution in [0.5, 0.6) is 0 Å². The van der Waals surface area contributed by atoms with Crippen LogP contribution in [0, 0.1) is 0 Å². The van der Waals surface area contributed by atoms with E-state index in [1.54, 1.807) is 11.1 Å². The number of anilines is 1. The topological polar surface area (TPSA) is 96.5 Å². The van der Waals surface area contributed by atoms with Crippen LogP contribution in [0.25, 0.3) is 32.8 Å². The molecule has 2 N–H and O–H groups in total. The largest absolute Gasteiger partial charge is 0.444 e. The molecule has 2 heterocycles. The summed E-state index contributed by atoms with van der Waals surface area (Å²) in [5.41, 5.74) is 3.70. The van der Waals surface area contributed by atoms with E-state index in [1.807, 2.05) is 107 Å². The van der Waals surface area contributed by atoms with Gasteiger partial charge in [-0.25, -0.2) is 9.78 Å². The van der Waals surface area contributed by atoms with Crippen LogP contribution >= 0.6 is 11.6 Å². The van der Waals surface area contributed by atoms with Crippen molar-refractivity contribution in [2.45, 2.75) is 46.3 Å². The highest BCUT2D eigenvalue weighted by atomic mass is 35.5. The van der Waals surface area contributed by atoms with E-state index in [2.05, 4.69) is 15.6 Å². The Morgan fingerprint density at radius 2 is 1.72 bits per heavy atom. The van der Waals surface area contributed by atoms with E-state index >= 15 is 0 Å². The Bertz CT molecular complexity index is 1840. The number of rotatable bonds is 12. The van der Waals surface area contributed by atoms with Crippen LogP contribution in [0.2, 0.25) is 5.02 Å². The third-order valence-electron chi connectivity index (χ3n) is 7.54. The molecule has 0 atom stereocenters. The number of hydrogen-bond donors (Lipinski definition) is 2. The Labute approximate surface area is 275 Å². The molecule has 0 unspecified atom stereocenters. The van der Waals surface area contributed by atoms with E-state index in [0.29, 0.717) is 49.7 Å². The first kappa shape index (κ1) is 32.9. The van der Waals surface area contributed by atoms with Gasteiger partial charge in [-0.1, -0.05) is 73.1 Å². The maximum Gasteiger partial charge on any atom is 0.410 e. The quantitative estimate of drug-likeness (QED) is 0.0810. The van der Waals surface area contributed by atoms with E-state index < -0.39 is 5.60 Å². The van der Waals surface area contributed by atoms with Crippen LogP contribution in [0.1, 0.15) is 50.0 Å². The summed E-state index contributed by atoms with van der Waals surface area (Å²) in [6.45, 7) is 10.1. The fourth-order valence-electron chi connectivity index (χ4n) is 5.26. The Morgan fingerprint density at radius 1 is 0.913 bits per heavy atom. The number of aromatic nitrogens is 2. The smallest absolute Gasteiger partial charge is 0.410 e. The second-order valence-corrected chi connectivity index (χ2v) is 12.6. The molecule has 46 heavy (non-hydrogen) atoms. The number of ketones is 1. The van der Waals surface area contributed by atoms with Crippen molar-refractivity contribution in [3.63, 3.8) is 0 Å². The molecule has 5 aromatic rings. The minimum atomic E-state index is -0.614. The van der Waals surface area contributed by atoms with Crippen LogP contribution in [0.3, 0.4) is 0 Å². The summed E-state index contributed by atoms with van der Waals surface area (Å²) in [6, 6.07) is 23.5. The van der Waals surface area contributed by atoms with Crippen LogP contribution in [0.15, 0.2) is 85.2 Å². The van der Waals surface area contributed by atoms with Crippen molar-refractivity contribution in [2.24, 2.45) is 0 Å². The summed E-state index contributed by atoms with van der Waals surface area (Å²) >= 11 is 6.66. The predicted molar refractivity (Wildman–Crippen MR) is 187 cm³/mol. The fourth-order valence-corrected chi connectivity index (χ4v) is 5.57. The molecule has 238 valence electrons. The van der Waals surface area contributed by atoms with Crippen LogP contribution in [-0.2, 0) is 11.3 Å². The number of amides is 1. The molecule has 0 saturated carbocycles. The first-order valence-electron chi connectivity index (χ1n) is 15.6. The number of benzene rings is 3. The molecule has 0 spiro atoms. The van der Waals surface area contributed by atoms with E-state index in [0.717, 1.165) is 44.2 Å². The highest BCUT2D eigenvalue weighted by molar-refractivity contribution is 6.33. The summed E-state index contributed by atoms with van der Waals surface area (Å²) in [7, 11) is 0. The molecule has 0 radical (unpaired) electrons. The lowest BCUT2D eigenvalue weighted by atomic mass is 10.0. The number of pyridine rings is 2. The summed E-state index contributed by atoms with van der Waals surface area (Å²) in [5.74, 6) is 0.820. The number of carbonyl (C=O) groups is 2. The van der Waals surface area contributed by atoms with Crippen molar-refractivity contribution >= 4 is 51.0 Å².